The molecule has 8 heteroatoms. The third-order valence-corrected chi connectivity index (χ3v) is 7.10. The van der Waals surface area contributed by atoms with Crippen LogP contribution in [-0.4, -0.2) is 24.5 Å². The molecule has 152 valence electrons. The SMILES string of the molecule is CC1C2=C(Nc3cc(S(=O)(=O)O)c(N)c4c3C(=O)c3ccccc3C4=O)C1CC=C2. The van der Waals surface area contributed by atoms with Gasteiger partial charge in [-0.3, -0.25) is 14.1 Å². The van der Waals surface area contributed by atoms with Gasteiger partial charge in [0, 0.05) is 22.7 Å². The minimum atomic E-state index is -4.72. The lowest BCUT2D eigenvalue weighted by Gasteiger charge is -2.42. The lowest BCUT2D eigenvalue weighted by molar-refractivity contribution is 0.0980. The first-order chi connectivity index (χ1) is 14.2. The first-order valence-electron chi connectivity index (χ1n) is 9.50. The van der Waals surface area contributed by atoms with Crippen LogP contribution in [0.3, 0.4) is 0 Å². The van der Waals surface area contributed by atoms with Crippen LogP contribution in [0.2, 0.25) is 0 Å². The summed E-state index contributed by atoms with van der Waals surface area (Å²) in [6.45, 7) is 2.10. The quantitative estimate of drug-likeness (QED) is 0.437. The summed E-state index contributed by atoms with van der Waals surface area (Å²) in [5.74, 6) is -0.406. The topological polar surface area (TPSA) is 127 Å². The smallest absolute Gasteiger partial charge is 0.296 e. The number of hydrogen-bond acceptors (Lipinski definition) is 6. The van der Waals surface area contributed by atoms with Gasteiger partial charge in [-0.05, 0) is 24.0 Å². The molecule has 0 spiro atoms. The van der Waals surface area contributed by atoms with Crippen molar-refractivity contribution in [2.24, 2.45) is 11.8 Å². The third kappa shape index (κ3) is 2.44. The van der Waals surface area contributed by atoms with Crippen molar-refractivity contribution < 1.29 is 22.6 Å². The minimum absolute atomic E-state index is 0.0262. The van der Waals surface area contributed by atoms with Gasteiger partial charge in [0.1, 0.15) is 4.90 Å². The fourth-order valence-corrected chi connectivity index (χ4v) is 5.30. The van der Waals surface area contributed by atoms with Gasteiger partial charge in [-0.25, -0.2) is 0 Å². The number of fused-ring (bicyclic) bond motifs is 3. The summed E-state index contributed by atoms with van der Waals surface area (Å²) in [7, 11) is -4.72. The molecule has 3 aliphatic rings. The molecule has 3 aliphatic carbocycles. The number of hydrogen-bond donors (Lipinski definition) is 3. The highest BCUT2D eigenvalue weighted by atomic mass is 32.2. The van der Waals surface area contributed by atoms with Crippen molar-refractivity contribution >= 4 is 33.1 Å². The molecule has 2 aromatic carbocycles. The third-order valence-electron chi connectivity index (χ3n) is 6.21. The van der Waals surface area contributed by atoms with Gasteiger partial charge in [0.2, 0.25) is 0 Å². The van der Waals surface area contributed by atoms with Crippen molar-refractivity contribution in [1.82, 2.24) is 0 Å². The molecule has 7 nitrogen and oxygen atoms in total. The van der Waals surface area contributed by atoms with E-state index in [9.17, 15) is 22.6 Å². The largest absolute Gasteiger partial charge is 0.397 e. The van der Waals surface area contributed by atoms with Crippen LogP contribution in [0.25, 0.3) is 0 Å². The van der Waals surface area contributed by atoms with Gasteiger partial charge in [0.15, 0.2) is 11.6 Å². The zero-order valence-electron chi connectivity index (χ0n) is 16.0. The zero-order valence-corrected chi connectivity index (χ0v) is 16.8. The van der Waals surface area contributed by atoms with Crippen LogP contribution >= 0.6 is 0 Å². The Morgan fingerprint density at radius 3 is 2.27 bits per heavy atom. The maximum atomic E-state index is 13.3. The van der Waals surface area contributed by atoms with E-state index >= 15 is 0 Å². The monoisotopic (exact) mass is 422 g/mol. The standard InChI is InChI=1S/C22H18N2O5S/c1-10-11-7-4-8-12(10)20(11)24-15-9-16(30(27,28)29)19(23)18-17(15)21(25)13-5-2-3-6-14(13)22(18)26/h2-7,9-10,12,24H,8,23H2,1H3,(H,27,28,29). The maximum Gasteiger partial charge on any atom is 0.296 e. The number of carbonyl (C=O) groups excluding carboxylic acids is 2. The summed E-state index contributed by atoms with van der Waals surface area (Å²) >= 11 is 0. The maximum absolute atomic E-state index is 13.3. The van der Waals surface area contributed by atoms with E-state index in [-0.39, 0.29) is 33.9 Å². The molecule has 5 rings (SSSR count). The Labute approximate surface area is 173 Å². The predicted molar refractivity (Wildman–Crippen MR) is 111 cm³/mol. The minimum Gasteiger partial charge on any atom is -0.397 e. The van der Waals surface area contributed by atoms with Crippen molar-refractivity contribution in [3.05, 3.63) is 76.0 Å². The number of nitrogens with one attached hydrogen (secondary N) is 1. The molecule has 2 bridgehead atoms. The lowest BCUT2D eigenvalue weighted by atomic mass is 9.67. The fourth-order valence-electron chi connectivity index (χ4n) is 4.65. The summed E-state index contributed by atoms with van der Waals surface area (Å²) in [4.78, 5) is 25.9. The first-order valence-corrected chi connectivity index (χ1v) is 10.9. The summed E-state index contributed by atoms with van der Waals surface area (Å²) < 4.78 is 33.6. The Bertz CT molecular complexity index is 1340. The number of rotatable bonds is 3. The van der Waals surface area contributed by atoms with Crippen LogP contribution in [0.1, 0.15) is 45.2 Å². The highest BCUT2D eigenvalue weighted by molar-refractivity contribution is 7.86. The predicted octanol–water partition coefficient (Wildman–Crippen LogP) is 3.18. The molecule has 0 aromatic heterocycles. The van der Waals surface area contributed by atoms with Gasteiger partial charge in [0.05, 0.1) is 22.5 Å². The number of anilines is 2. The van der Waals surface area contributed by atoms with E-state index in [1.165, 1.54) is 6.07 Å². The molecule has 2 atom stereocenters. The number of nitrogen functional groups attached to an aromatic ring is 1. The van der Waals surface area contributed by atoms with Crippen LogP contribution < -0.4 is 11.1 Å². The van der Waals surface area contributed by atoms with E-state index in [4.69, 9.17) is 5.73 Å². The Morgan fingerprint density at radius 2 is 1.73 bits per heavy atom. The van der Waals surface area contributed by atoms with Crippen LogP contribution in [0.4, 0.5) is 11.4 Å². The highest BCUT2D eigenvalue weighted by Crippen LogP contribution is 2.48. The molecule has 0 radical (unpaired) electrons. The lowest BCUT2D eigenvalue weighted by Crippen LogP contribution is -2.35. The molecule has 0 saturated heterocycles. The zero-order chi connectivity index (χ0) is 21.4. The van der Waals surface area contributed by atoms with Crippen LogP contribution in [0.5, 0.6) is 0 Å². The van der Waals surface area contributed by atoms with E-state index in [0.29, 0.717) is 5.92 Å². The van der Waals surface area contributed by atoms with Gasteiger partial charge >= 0.3 is 0 Å². The average Bonchev–Trinajstić information content (AvgIpc) is 2.72. The molecule has 0 fully saturated rings. The van der Waals surface area contributed by atoms with E-state index in [2.05, 4.69) is 18.3 Å². The van der Waals surface area contributed by atoms with Gasteiger partial charge < -0.3 is 11.1 Å². The summed E-state index contributed by atoms with van der Waals surface area (Å²) in [6, 6.07) is 7.47. The molecule has 0 aliphatic heterocycles. The van der Waals surface area contributed by atoms with Crippen LogP contribution in [-0.2, 0) is 10.1 Å². The number of nitrogens with two attached hydrogens (primary N) is 1. The molecular weight excluding hydrogens is 404 g/mol. The summed E-state index contributed by atoms with van der Waals surface area (Å²) in [6.07, 6.45) is 4.89. The van der Waals surface area contributed by atoms with Gasteiger partial charge in [-0.2, -0.15) is 8.42 Å². The average molecular weight is 422 g/mol. The van der Waals surface area contributed by atoms with E-state index in [1.807, 2.05) is 6.08 Å². The molecule has 0 saturated carbocycles. The van der Waals surface area contributed by atoms with Crippen molar-refractivity contribution in [3.63, 3.8) is 0 Å². The Morgan fingerprint density at radius 1 is 1.10 bits per heavy atom. The van der Waals surface area contributed by atoms with Crippen molar-refractivity contribution in [2.75, 3.05) is 11.1 Å². The second-order valence-electron chi connectivity index (χ2n) is 7.79. The molecule has 0 heterocycles. The normalized spacial score (nSPS) is 21.8. The van der Waals surface area contributed by atoms with E-state index in [1.54, 1.807) is 18.2 Å². The van der Waals surface area contributed by atoms with Gasteiger partial charge in [-0.1, -0.05) is 43.3 Å². The van der Waals surface area contributed by atoms with Crippen LogP contribution in [0, 0.1) is 11.8 Å². The summed E-state index contributed by atoms with van der Waals surface area (Å²) in [5.41, 5.74) is 7.89. The number of benzene rings is 2. The fraction of sp³-hybridized carbons (Fsp3) is 0.182. The molecule has 2 unspecified atom stereocenters. The number of allylic oxidation sites excluding steroid dienone is 4. The van der Waals surface area contributed by atoms with Crippen molar-refractivity contribution in [2.45, 2.75) is 18.2 Å². The molecule has 4 N–H and O–H groups in total. The molecule has 30 heavy (non-hydrogen) atoms. The van der Waals surface area contributed by atoms with E-state index < -0.39 is 32.3 Å². The first kappa shape index (κ1) is 18.8. The molecular formula is C22H18N2O5S. The summed E-state index contributed by atoms with van der Waals surface area (Å²) in [5, 5.41) is 3.18. The molecule has 2 aromatic rings. The second-order valence-corrected chi connectivity index (χ2v) is 9.18. The molecule has 0 amide bonds. The van der Waals surface area contributed by atoms with Crippen molar-refractivity contribution in [1.29, 1.82) is 0 Å². The second kappa shape index (κ2) is 6.13. The highest BCUT2D eigenvalue weighted by Gasteiger charge is 2.40. The van der Waals surface area contributed by atoms with Crippen molar-refractivity contribution in [3.8, 4) is 0 Å². The number of ketones is 2. The Hall–Kier alpha value is -3.23. The van der Waals surface area contributed by atoms with Gasteiger partial charge in [-0.15, -0.1) is 0 Å². The van der Waals surface area contributed by atoms with E-state index in [0.717, 1.165) is 23.8 Å². The number of carbonyl (C=O) groups is 2. The Balaban J connectivity index is 1.78. The van der Waals surface area contributed by atoms with Crippen LogP contribution in [0.15, 0.2) is 58.6 Å². The van der Waals surface area contributed by atoms with Gasteiger partial charge in [0.25, 0.3) is 10.1 Å². The Kier molecular flexibility index (Phi) is 3.84.